The second kappa shape index (κ2) is 8.22. The smallest absolute Gasteiger partial charge is 0.256 e. The van der Waals surface area contributed by atoms with Crippen LogP contribution in [0.4, 0.5) is 0 Å². The molecule has 0 N–H and O–H groups in total. The van der Waals surface area contributed by atoms with Crippen molar-refractivity contribution in [1.29, 1.82) is 0 Å². The third-order valence-electron chi connectivity index (χ3n) is 5.65. The maximum absolute atomic E-state index is 13.6. The molecular formula is C22H30N2O4S. The van der Waals surface area contributed by atoms with E-state index >= 15 is 0 Å². The van der Waals surface area contributed by atoms with Gasteiger partial charge in [-0.25, -0.2) is 8.42 Å². The number of ether oxygens (including phenoxy) is 1. The molecule has 1 atom stereocenters. The zero-order chi connectivity index (χ0) is 21.3. The first kappa shape index (κ1) is 21.4. The van der Waals surface area contributed by atoms with Gasteiger partial charge >= 0.3 is 0 Å². The van der Waals surface area contributed by atoms with Crippen molar-refractivity contribution in [3.05, 3.63) is 52.8 Å². The van der Waals surface area contributed by atoms with E-state index in [2.05, 4.69) is 18.4 Å². The number of carbonyl (C=O) groups excluding carboxylic acids is 1. The third-order valence-corrected chi connectivity index (χ3v) is 7.40. The minimum absolute atomic E-state index is 0.0256. The summed E-state index contributed by atoms with van der Waals surface area (Å²) in [6, 6.07) is 9.40. The highest BCUT2D eigenvalue weighted by Gasteiger charge is 2.36. The van der Waals surface area contributed by atoms with Crippen molar-refractivity contribution in [2.45, 2.75) is 52.7 Å². The van der Waals surface area contributed by atoms with Gasteiger partial charge < -0.3 is 14.2 Å². The lowest BCUT2D eigenvalue weighted by Gasteiger charge is -2.29. The number of hydrogen-bond acceptors (Lipinski definition) is 4. The van der Waals surface area contributed by atoms with Crippen LogP contribution in [0, 0.1) is 13.8 Å². The molecular weight excluding hydrogens is 388 g/mol. The van der Waals surface area contributed by atoms with E-state index < -0.39 is 9.84 Å². The first-order chi connectivity index (χ1) is 13.6. The Kier molecular flexibility index (Phi) is 6.08. The van der Waals surface area contributed by atoms with Gasteiger partial charge in [-0.2, -0.15) is 0 Å². The first-order valence-corrected chi connectivity index (χ1v) is 11.8. The number of rotatable bonds is 6. The summed E-state index contributed by atoms with van der Waals surface area (Å²) in [5, 5.41) is 0. The van der Waals surface area contributed by atoms with Crippen LogP contribution in [0.25, 0.3) is 0 Å². The van der Waals surface area contributed by atoms with Crippen molar-refractivity contribution >= 4 is 15.7 Å². The number of benzene rings is 1. The Bertz CT molecular complexity index is 991. The van der Waals surface area contributed by atoms with Gasteiger partial charge in [0.2, 0.25) is 0 Å². The number of amides is 1. The number of nitrogens with zero attached hydrogens (tertiary/aromatic N) is 2. The predicted molar refractivity (Wildman–Crippen MR) is 114 cm³/mol. The van der Waals surface area contributed by atoms with E-state index in [1.165, 1.54) is 0 Å². The van der Waals surface area contributed by atoms with Crippen LogP contribution >= 0.6 is 0 Å². The Hall–Kier alpha value is -2.28. The summed E-state index contributed by atoms with van der Waals surface area (Å²) in [7, 11) is -1.49. The lowest BCUT2D eigenvalue weighted by atomic mass is 10.1. The normalized spacial score (nSPS) is 18.2. The summed E-state index contributed by atoms with van der Waals surface area (Å²) in [6.07, 6.45) is 0.479. The number of aromatic nitrogens is 1. The fourth-order valence-corrected chi connectivity index (χ4v) is 5.99. The molecule has 1 amide bonds. The average Bonchev–Trinajstić information content (AvgIpc) is 3.17. The fraction of sp³-hybridized carbons (Fsp3) is 0.500. The number of carbonyl (C=O) groups is 1. The molecule has 2 aromatic rings. The van der Waals surface area contributed by atoms with Crippen molar-refractivity contribution in [1.82, 2.24) is 9.47 Å². The van der Waals surface area contributed by atoms with Crippen LogP contribution in [0.15, 0.2) is 30.3 Å². The molecule has 0 aliphatic carbocycles. The van der Waals surface area contributed by atoms with Crippen LogP contribution in [-0.4, -0.2) is 48.4 Å². The SMILES string of the molecule is COc1ccc(CN(C(=O)c2cc(C)n(C(C)C)c2C)C2CCS(=O)(=O)C2)cc1. The monoisotopic (exact) mass is 418 g/mol. The summed E-state index contributed by atoms with van der Waals surface area (Å²) >= 11 is 0. The Balaban J connectivity index is 1.96. The standard InChI is InChI=1S/C22H30N2O4S/c1-15(2)24-16(3)12-21(17(24)4)22(25)23(19-10-11-29(26,27)14-19)13-18-6-8-20(28-5)9-7-18/h6-9,12,15,19H,10-11,13-14H2,1-5H3. The largest absolute Gasteiger partial charge is 0.497 e. The molecule has 3 rings (SSSR count). The van der Waals surface area contributed by atoms with Crippen molar-refractivity contribution in [3.8, 4) is 5.75 Å². The van der Waals surface area contributed by atoms with Crippen LogP contribution in [0.3, 0.4) is 0 Å². The zero-order valence-electron chi connectivity index (χ0n) is 17.8. The summed E-state index contributed by atoms with van der Waals surface area (Å²) in [6.45, 7) is 8.50. The van der Waals surface area contributed by atoms with Crippen molar-refractivity contribution in [2.24, 2.45) is 0 Å². The van der Waals surface area contributed by atoms with Gasteiger partial charge in [0.05, 0.1) is 24.2 Å². The maximum Gasteiger partial charge on any atom is 0.256 e. The molecule has 2 heterocycles. The summed E-state index contributed by atoms with van der Waals surface area (Å²) < 4.78 is 31.5. The van der Waals surface area contributed by atoms with E-state index in [1.54, 1.807) is 12.0 Å². The maximum atomic E-state index is 13.6. The van der Waals surface area contributed by atoms with E-state index in [1.807, 2.05) is 44.2 Å². The summed E-state index contributed by atoms with van der Waals surface area (Å²) in [5.74, 6) is 0.797. The molecule has 1 aromatic heterocycles. The summed E-state index contributed by atoms with van der Waals surface area (Å²) in [4.78, 5) is 15.3. The van der Waals surface area contributed by atoms with Gasteiger partial charge in [-0.1, -0.05) is 12.1 Å². The van der Waals surface area contributed by atoms with Gasteiger partial charge in [0.15, 0.2) is 9.84 Å². The second-order valence-electron chi connectivity index (χ2n) is 8.09. The lowest BCUT2D eigenvalue weighted by Crippen LogP contribution is -2.40. The van der Waals surface area contributed by atoms with E-state index in [9.17, 15) is 13.2 Å². The molecule has 1 unspecified atom stereocenters. The van der Waals surface area contributed by atoms with Gasteiger partial charge in [0.25, 0.3) is 5.91 Å². The molecule has 0 spiro atoms. The molecule has 0 saturated carbocycles. The minimum atomic E-state index is -3.10. The van der Waals surface area contributed by atoms with Crippen LogP contribution < -0.4 is 4.74 Å². The van der Waals surface area contributed by atoms with Crippen LogP contribution in [0.1, 0.15) is 53.6 Å². The first-order valence-electron chi connectivity index (χ1n) is 9.95. The van der Waals surface area contributed by atoms with Crippen LogP contribution in [0.5, 0.6) is 5.75 Å². The lowest BCUT2D eigenvalue weighted by molar-refractivity contribution is 0.0680. The topological polar surface area (TPSA) is 68.6 Å². The van der Waals surface area contributed by atoms with Gasteiger partial charge in [0.1, 0.15) is 5.75 Å². The molecule has 1 aromatic carbocycles. The summed E-state index contributed by atoms with van der Waals surface area (Å²) in [5.41, 5.74) is 3.54. The van der Waals surface area contributed by atoms with E-state index in [4.69, 9.17) is 4.74 Å². The highest BCUT2D eigenvalue weighted by Crippen LogP contribution is 2.27. The van der Waals surface area contributed by atoms with E-state index in [0.29, 0.717) is 18.5 Å². The van der Waals surface area contributed by atoms with Crippen molar-refractivity contribution < 1.29 is 17.9 Å². The number of aryl methyl sites for hydroxylation is 1. The van der Waals surface area contributed by atoms with Gasteiger partial charge in [-0.05, 0) is 57.9 Å². The second-order valence-corrected chi connectivity index (χ2v) is 10.3. The molecule has 0 bridgehead atoms. The number of methoxy groups -OCH3 is 1. The van der Waals surface area contributed by atoms with Crippen LogP contribution in [0.2, 0.25) is 0 Å². The fourth-order valence-electron chi connectivity index (χ4n) is 4.26. The number of sulfone groups is 1. The quantitative estimate of drug-likeness (QED) is 0.720. The molecule has 0 radical (unpaired) electrons. The minimum Gasteiger partial charge on any atom is -0.497 e. The van der Waals surface area contributed by atoms with Crippen LogP contribution in [-0.2, 0) is 16.4 Å². The zero-order valence-corrected chi connectivity index (χ0v) is 18.6. The molecule has 1 aliphatic rings. The number of hydrogen-bond donors (Lipinski definition) is 0. The van der Waals surface area contributed by atoms with Gasteiger partial charge in [0, 0.05) is 30.0 Å². The highest BCUT2D eigenvalue weighted by atomic mass is 32.2. The molecule has 1 fully saturated rings. The molecule has 29 heavy (non-hydrogen) atoms. The molecule has 158 valence electrons. The predicted octanol–water partition coefficient (Wildman–Crippen LogP) is 3.52. The molecule has 1 saturated heterocycles. The third kappa shape index (κ3) is 4.50. The molecule has 1 aliphatic heterocycles. The van der Waals surface area contributed by atoms with E-state index in [-0.39, 0.29) is 29.5 Å². The Morgan fingerprint density at radius 2 is 1.90 bits per heavy atom. The van der Waals surface area contributed by atoms with Gasteiger partial charge in [-0.3, -0.25) is 4.79 Å². The Morgan fingerprint density at radius 3 is 2.38 bits per heavy atom. The van der Waals surface area contributed by atoms with Crippen molar-refractivity contribution in [3.63, 3.8) is 0 Å². The molecule has 6 nitrogen and oxygen atoms in total. The average molecular weight is 419 g/mol. The Labute approximate surface area is 173 Å². The Morgan fingerprint density at radius 1 is 1.24 bits per heavy atom. The highest BCUT2D eigenvalue weighted by molar-refractivity contribution is 7.91. The van der Waals surface area contributed by atoms with Gasteiger partial charge in [-0.15, -0.1) is 0 Å². The molecule has 7 heteroatoms. The van der Waals surface area contributed by atoms with E-state index in [0.717, 1.165) is 22.7 Å². The van der Waals surface area contributed by atoms with Crippen molar-refractivity contribution in [2.75, 3.05) is 18.6 Å².